The third-order valence-electron chi connectivity index (χ3n) is 5.19. The number of nitrogens with one attached hydrogen (secondary N) is 2. The van der Waals surface area contributed by atoms with E-state index in [2.05, 4.69) is 34.7 Å². The van der Waals surface area contributed by atoms with Crippen LogP contribution in [0.15, 0.2) is 12.1 Å². The third-order valence-corrected chi connectivity index (χ3v) is 5.19. The molecule has 1 atom stereocenters. The topological polar surface area (TPSA) is 45.8 Å². The molecule has 0 amide bonds. The van der Waals surface area contributed by atoms with Crippen molar-refractivity contribution in [3.63, 3.8) is 0 Å². The first kappa shape index (κ1) is 17.8. The van der Waals surface area contributed by atoms with Crippen molar-refractivity contribution in [2.45, 2.75) is 44.5 Å². The summed E-state index contributed by atoms with van der Waals surface area (Å²) >= 11 is 0. The number of anilines is 1. The number of likely N-dealkylation sites (tertiary alicyclic amines) is 1. The van der Waals surface area contributed by atoms with Crippen LogP contribution >= 0.6 is 12.4 Å². The van der Waals surface area contributed by atoms with E-state index in [1.807, 2.05) is 0 Å². The number of benzene rings is 1. The van der Waals surface area contributed by atoms with E-state index in [1.54, 1.807) is 0 Å². The van der Waals surface area contributed by atoms with E-state index in [0.717, 1.165) is 64.4 Å². The second kappa shape index (κ2) is 7.91. The number of fused-ring (bicyclic) bond motifs is 1. The molecule has 1 aromatic rings. The van der Waals surface area contributed by atoms with Crippen molar-refractivity contribution in [2.24, 2.45) is 0 Å². The normalized spacial score (nSPS) is 24.5. The molecule has 5 nitrogen and oxygen atoms in total. The summed E-state index contributed by atoms with van der Waals surface area (Å²) in [5, 5.41) is 7.13. The van der Waals surface area contributed by atoms with Crippen LogP contribution in [0.25, 0.3) is 0 Å². The van der Waals surface area contributed by atoms with Crippen LogP contribution in [0.4, 0.5) is 5.69 Å². The minimum Gasteiger partial charge on any atom is -0.490 e. The Balaban J connectivity index is 0.00000169. The summed E-state index contributed by atoms with van der Waals surface area (Å²) in [6.45, 7) is 5.81. The smallest absolute Gasteiger partial charge is 0.122 e. The largest absolute Gasteiger partial charge is 0.490 e. The van der Waals surface area contributed by atoms with Crippen LogP contribution in [0.5, 0.6) is 5.75 Å². The Morgan fingerprint density at radius 2 is 2.04 bits per heavy atom. The second-order valence-electron chi connectivity index (χ2n) is 7.04. The van der Waals surface area contributed by atoms with Gasteiger partial charge in [-0.05, 0) is 43.5 Å². The lowest BCUT2D eigenvalue weighted by atomic mass is 10.1. The average Bonchev–Trinajstić information content (AvgIpc) is 3.21. The highest BCUT2D eigenvalue weighted by Gasteiger charge is 2.23. The SMILES string of the molecule is CN1CCC(Oc2cc3c(c(N[C@@H]4CCOC4)c2)CNC3)CC1.Cl. The minimum absolute atomic E-state index is 0. The van der Waals surface area contributed by atoms with E-state index in [4.69, 9.17) is 9.47 Å². The molecular weight excluding hydrogens is 326 g/mol. The fourth-order valence-electron chi connectivity index (χ4n) is 3.75. The van der Waals surface area contributed by atoms with Gasteiger partial charge in [-0.15, -0.1) is 12.4 Å². The minimum atomic E-state index is 0. The molecule has 3 aliphatic rings. The van der Waals surface area contributed by atoms with E-state index in [-0.39, 0.29) is 12.4 Å². The van der Waals surface area contributed by atoms with Crippen LogP contribution in [0, 0.1) is 0 Å². The number of ether oxygens (including phenoxy) is 2. The van der Waals surface area contributed by atoms with Gasteiger partial charge in [-0.3, -0.25) is 0 Å². The van der Waals surface area contributed by atoms with Crippen molar-refractivity contribution >= 4 is 18.1 Å². The molecule has 2 fully saturated rings. The Morgan fingerprint density at radius 3 is 2.79 bits per heavy atom. The molecule has 2 N–H and O–H groups in total. The zero-order chi connectivity index (χ0) is 15.6. The Bertz CT molecular complexity index is 555. The van der Waals surface area contributed by atoms with E-state index in [9.17, 15) is 0 Å². The highest BCUT2D eigenvalue weighted by molar-refractivity contribution is 5.85. The molecule has 0 aliphatic carbocycles. The maximum Gasteiger partial charge on any atom is 0.122 e. The number of nitrogens with zero attached hydrogens (tertiary/aromatic N) is 1. The Morgan fingerprint density at radius 1 is 1.21 bits per heavy atom. The zero-order valence-electron chi connectivity index (χ0n) is 14.3. The van der Waals surface area contributed by atoms with Gasteiger partial charge in [-0.2, -0.15) is 0 Å². The predicted molar refractivity (Wildman–Crippen MR) is 98.2 cm³/mol. The summed E-state index contributed by atoms with van der Waals surface area (Å²) in [6, 6.07) is 4.85. The van der Waals surface area contributed by atoms with Crippen LogP contribution in [0.3, 0.4) is 0 Å². The van der Waals surface area contributed by atoms with Gasteiger partial charge in [-0.1, -0.05) is 0 Å². The maximum absolute atomic E-state index is 6.31. The van der Waals surface area contributed by atoms with Crippen molar-refractivity contribution in [2.75, 3.05) is 38.7 Å². The van der Waals surface area contributed by atoms with E-state index in [0.29, 0.717) is 12.1 Å². The van der Waals surface area contributed by atoms with Crippen molar-refractivity contribution in [1.82, 2.24) is 10.2 Å². The molecule has 0 saturated carbocycles. The molecule has 6 heteroatoms. The lowest BCUT2D eigenvalue weighted by molar-refractivity contribution is 0.114. The fourth-order valence-corrected chi connectivity index (χ4v) is 3.75. The Hall–Kier alpha value is -1.01. The van der Waals surface area contributed by atoms with Crippen LogP contribution in [0.1, 0.15) is 30.4 Å². The van der Waals surface area contributed by atoms with Gasteiger partial charge in [0, 0.05) is 44.5 Å². The van der Waals surface area contributed by atoms with Gasteiger partial charge in [-0.25, -0.2) is 0 Å². The first-order valence-electron chi connectivity index (χ1n) is 8.84. The molecule has 3 heterocycles. The van der Waals surface area contributed by atoms with Gasteiger partial charge < -0.3 is 25.0 Å². The highest BCUT2D eigenvalue weighted by atomic mass is 35.5. The third kappa shape index (κ3) is 3.97. The van der Waals surface area contributed by atoms with Crippen LogP contribution in [-0.2, 0) is 17.8 Å². The maximum atomic E-state index is 6.31. The fraction of sp³-hybridized carbons (Fsp3) is 0.667. The van der Waals surface area contributed by atoms with Gasteiger partial charge in [0.15, 0.2) is 0 Å². The van der Waals surface area contributed by atoms with Crippen molar-refractivity contribution in [3.05, 3.63) is 23.3 Å². The molecule has 0 unspecified atom stereocenters. The predicted octanol–water partition coefficient (Wildman–Crippen LogP) is 2.39. The number of halogens is 1. The van der Waals surface area contributed by atoms with Crippen LogP contribution in [-0.4, -0.2) is 50.4 Å². The molecule has 0 bridgehead atoms. The summed E-state index contributed by atoms with van der Waals surface area (Å²) in [4.78, 5) is 2.37. The van der Waals surface area contributed by atoms with Crippen LogP contribution in [0.2, 0.25) is 0 Å². The summed E-state index contributed by atoms with van der Waals surface area (Å²) in [6.07, 6.45) is 3.67. The van der Waals surface area contributed by atoms with E-state index >= 15 is 0 Å². The van der Waals surface area contributed by atoms with Gasteiger partial charge in [0.05, 0.1) is 12.6 Å². The highest BCUT2D eigenvalue weighted by Crippen LogP contribution is 2.32. The summed E-state index contributed by atoms with van der Waals surface area (Å²) in [5.41, 5.74) is 4.00. The molecule has 0 spiro atoms. The number of hydrogen-bond donors (Lipinski definition) is 2. The van der Waals surface area contributed by atoms with Gasteiger partial charge in [0.25, 0.3) is 0 Å². The number of hydrogen-bond acceptors (Lipinski definition) is 5. The Labute approximate surface area is 150 Å². The first-order valence-corrected chi connectivity index (χ1v) is 8.84. The molecule has 0 radical (unpaired) electrons. The average molecular weight is 354 g/mol. The first-order chi connectivity index (χ1) is 11.3. The number of rotatable bonds is 4. The van der Waals surface area contributed by atoms with Crippen LogP contribution < -0.4 is 15.4 Å². The summed E-state index contributed by atoms with van der Waals surface area (Å²) in [5.74, 6) is 1.02. The van der Waals surface area contributed by atoms with Crippen molar-refractivity contribution in [3.8, 4) is 5.75 Å². The molecule has 134 valence electrons. The molecule has 1 aromatic carbocycles. The molecule has 24 heavy (non-hydrogen) atoms. The second-order valence-corrected chi connectivity index (χ2v) is 7.04. The van der Waals surface area contributed by atoms with Gasteiger partial charge in [0.2, 0.25) is 0 Å². The lowest BCUT2D eigenvalue weighted by Gasteiger charge is -2.29. The van der Waals surface area contributed by atoms with E-state index < -0.39 is 0 Å². The molecule has 2 saturated heterocycles. The summed E-state index contributed by atoms with van der Waals surface area (Å²) in [7, 11) is 2.18. The zero-order valence-corrected chi connectivity index (χ0v) is 15.2. The van der Waals surface area contributed by atoms with E-state index in [1.165, 1.54) is 16.8 Å². The standard InChI is InChI=1S/C18H27N3O2.ClH/c1-21-5-2-15(3-6-21)23-16-8-13-10-19-11-17(13)18(9-16)20-14-4-7-22-12-14;/h8-9,14-15,19-20H,2-7,10-12H2,1H3;1H/t14-;/m1./s1. The lowest BCUT2D eigenvalue weighted by Crippen LogP contribution is -2.35. The van der Waals surface area contributed by atoms with Gasteiger partial charge >= 0.3 is 0 Å². The monoisotopic (exact) mass is 353 g/mol. The molecule has 3 aliphatic heterocycles. The Kier molecular flexibility index (Phi) is 5.87. The summed E-state index contributed by atoms with van der Waals surface area (Å²) < 4.78 is 11.8. The molecule has 4 rings (SSSR count). The van der Waals surface area contributed by atoms with Crippen molar-refractivity contribution in [1.29, 1.82) is 0 Å². The quantitative estimate of drug-likeness (QED) is 0.870. The molecule has 0 aromatic heterocycles. The van der Waals surface area contributed by atoms with Gasteiger partial charge in [0.1, 0.15) is 11.9 Å². The molecular formula is C18H28ClN3O2. The number of piperidine rings is 1. The van der Waals surface area contributed by atoms with Crippen molar-refractivity contribution < 1.29 is 9.47 Å².